The van der Waals surface area contributed by atoms with Crippen molar-refractivity contribution in [1.82, 2.24) is 15.3 Å². The minimum absolute atomic E-state index is 0.000872. The van der Waals surface area contributed by atoms with Gasteiger partial charge in [-0.25, -0.2) is 4.98 Å². The summed E-state index contributed by atoms with van der Waals surface area (Å²) in [5.74, 6) is 0.724. The van der Waals surface area contributed by atoms with Gasteiger partial charge < -0.3 is 10.6 Å². The molecule has 33 heavy (non-hydrogen) atoms. The molecule has 2 aliphatic rings. The van der Waals surface area contributed by atoms with Crippen LogP contribution < -0.4 is 10.6 Å². The lowest BCUT2D eigenvalue weighted by atomic mass is 9.80. The van der Waals surface area contributed by atoms with E-state index >= 15 is 0 Å². The Bertz CT molecular complexity index is 1110. The summed E-state index contributed by atoms with van der Waals surface area (Å²) in [7, 11) is 0. The molecule has 2 N–H and O–H groups in total. The fourth-order valence-corrected chi connectivity index (χ4v) is 5.86. The van der Waals surface area contributed by atoms with Crippen LogP contribution in [0.25, 0.3) is 0 Å². The smallest absolute Gasteiger partial charge is 0.251 e. The van der Waals surface area contributed by atoms with E-state index < -0.39 is 5.41 Å². The van der Waals surface area contributed by atoms with Gasteiger partial charge in [0.2, 0.25) is 5.91 Å². The Labute approximate surface area is 197 Å². The van der Waals surface area contributed by atoms with Gasteiger partial charge in [-0.05, 0) is 47.6 Å². The molecular formula is C26H28N4O2S. The summed E-state index contributed by atoms with van der Waals surface area (Å²) < 4.78 is 0. The lowest BCUT2D eigenvalue weighted by molar-refractivity contribution is -0.119. The van der Waals surface area contributed by atoms with Crippen molar-refractivity contribution < 1.29 is 9.59 Å². The van der Waals surface area contributed by atoms with Crippen LogP contribution in [0.4, 0.5) is 5.13 Å². The first-order valence-electron chi connectivity index (χ1n) is 11.7. The molecule has 2 unspecified atom stereocenters. The lowest BCUT2D eigenvalue weighted by Gasteiger charge is -2.26. The van der Waals surface area contributed by atoms with Gasteiger partial charge in [-0.1, -0.05) is 50.3 Å². The molecule has 0 spiro atoms. The molecule has 2 fully saturated rings. The number of pyridine rings is 1. The predicted octanol–water partition coefficient (Wildman–Crippen LogP) is 4.94. The van der Waals surface area contributed by atoms with E-state index in [1.807, 2.05) is 41.8 Å². The molecule has 2 aliphatic carbocycles. The minimum atomic E-state index is -0.590. The van der Waals surface area contributed by atoms with Crippen LogP contribution in [0.15, 0.2) is 60.4 Å². The van der Waals surface area contributed by atoms with Crippen molar-refractivity contribution in [2.75, 3.05) is 5.32 Å². The van der Waals surface area contributed by atoms with Gasteiger partial charge in [0.1, 0.15) is 0 Å². The van der Waals surface area contributed by atoms with Crippen molar-refractivity contribution in [2.45, 2.75) is 50.5 Å². The van der Waals surface area contributed by atoms with Crippen LogP contribution in [0.2, 0.25) is 0 Å². The molecule has 0 saturated heterocycles. The topological polar surface area (TPSA) is 84.0 Å². The van der Waals surface area contributed by atoms with Gasteiger partial charge in [0.05, 0.1) is 5.41 Å². The van der Waals surface area contributed by atoms with Crippen LogP contribution in [0.1, 0.15) is 60.0 Å². The Hall–Kier alpha value is -3.06. The van der Waals surface area contributed by atoms with Crippen LogP contribution >= 0.6 is 11.3 Å². The van der Waals surface area contributed by atoms with Crippen molar-refractivity contribution in [3.05, 3.63) is 77.1 Å². The highest BCUT2D eigenvalue weighted by Crippen LogP contribution is 2.61. The van der Waals surface area contributed by atoms with E-state index in [0.717, 1.165) is 17.5 Å². The fraction of sp³-hybridized carbons (Fsp3) is 0.385. The number of thiazole rings is 1. The number of benzene rings is 1. The first kappa shape index (κ1) is 21.8. The Morgan fingerprint density at radius 1 is 1.09 bits per heavy atom. The zero-order valence-corrected chi connectivity index (χ0v) is 19.3. The molecular weight excluding hydrogens is 432 g/mol. The van der Waals surface area contributed by atoms with E-state index in [0.29, 0.717) is 29.1 Å². The van der Waals surface area contributed by atoms with Gasteiger partial charge >= 0.3 is 0 Å². The number of anilines is 1. The Morgan fingerprint density at radius 2 is 1.97 bits per heavy atom. The third-order valence-electron chi connectivity index (χ3n) is 7.11. The number of carbonyl (C=O) groups is 2. The highest BCUT2D eigenvalue weighted by Gasteiger charge is 2.63. The summed E-state index contributed by atoms with van der Waals surface area (Å²) in [5.41, 5.74) is 1.86. The number of carbonyl (C=O) groups excluding carboxylic acids is 2. The van der Waals surface area contributed by atoms with Gasteiger partial charge in [0.25, 0.3) is 5.91 Å². The molecule has 2 saturated carbocycles. The average molecular weight is 461 g/mol. The average Bonchev–Trinajstić information content (AvgIpc) is 3.44. The largest absolute Gasteiger partial charge is 0.348 e. The van der Waals surface area contributed by atoms with Crippen molar-refractivity contribution in [1.29, 1.82) is 0 Å². The highest BCUT2D eigenvalue weighted by atomic mass is 32.1. The van der Waals surface area contributed by atoms with Gasteiger partial charge in [-0.15, -0.1) is 11.3 Å². The minimum Gasteiger partial charge on any atom is -0.348 e. The van der Waals surface area contributed by atoms with Gasteiger partial charge in [-0.2, -0.15) is 0 Å². The molecule has 2 aromatic heterocycles. The lowest BCUT2D eigenvalue weighted by Crippen LogP contribution is -2.32. The summed E-state index contributed by atoms with van der Waals surface area (Å²) in [6.45, 7) is 0.414. The van der Waals surface area contributed by atoms with Crippen LogP contribution in [-0.4, -0.2) is 21.8 Å². The monoisotopic (exact) mass is 460 g/mol. The van der Waals surface area contributed by atoms with E-state index in [-0.39, 0.29) is 11.8 Å². The zero-order chi connectivity index (χ0) is 22.7. The molecule has 6 nitrogen and oxygen atoms in total. The number of nitrogens with zero attached hydrogens (tertiary/aromatic N) is 2. The van der Waals surface area contributed by atoms with Gasteiger partial charge in [-0.3, -0.25) is 14.6 Å². The fourth-order valence-electron chi connectivity index (χ4n) is 5.34. The maximum Gasteiger partial charge on any atom is 0.251 e. The molecule has 0 aliphatic heterocycles. The summed E-state index contributed by atoms with van der Waals surface area (Å²) in [4.78, 5) is 34.8. The van der Waals surface area contributed by atoms with Crippen molar-refractivity contribution in [2.24, 2.45) is 11.8 Å². The third kappa shape index (κ3) is 4.55. The quantitative estimate of drug-likeness (QED) is 0.523. The second-order valence-corrected chi connectivity index (χ2v) is 9.99. The first-order chi connectivity index (χ1) is 16.2. The van der Waals surface area contributed by atoms with Crippen LogP contribution in [-0.2, 0) is 16.8 Å². The number of aromatic nitrogens is 2. The highest BCUT2D eigenvalue weighted by molar-refractivity contribution is 7.13. The number of rotatable bonds is 7. The zero-order valence-electron chi connectivity index (χ0n) is 18.5. The molecule has 5 rings (SSSR count). The number of nitrogens with one attached hydrogen (secondary N) is 2. The molecule has 0 bridgehead atoms. The Morgan fingerprint density at radius 3 is 2.73 bits per heavy atom. The summed E-state index contributed by atoms with van der Waals surface area (Å²) in [6, 6.07) is 11.4. The standard InChI is InChI=1S/C26H28N4O2S/c31-23(29-17-18-6-5-11-27-16-18)20-9-4-10-21(14-20)26(24(32)30-25-28-12-13-33-25)15-22(26)19-7-2-1-3-8-19/h4-6,9-14,16,19,22H,1-3,7-8,15,17H2,(H,29,31)(H,28,30,32). The Balaban J connectivity index is 1.38. The molecule has 2 atom stereocenters. The van der Waals surface area contributed by atoms with Gasteiger partial charge in [0, 0.05) is 36.1 Å². The number of hydrogen-bond donors (Lipinski definition) is 2. The second-order valence-electron chi connectivity index (χ2n) is 9.10. The Kier molecular flexibility index (Phi) is 6.22. The van der Waals surface area contributed by atoms with E-state index in [9.17, 15) is 9.59 Å². The van der Waals surface area contributed by atoms with E-state index in [1.54, 1.807) is 18.6 Å². The number of amides is 2. The summed E-state index contributed by atoms with van der Waals surface area (Å²) in [6.07, 6.45) is 12.1. The maximum absolute atomic E-state index is 13.6. The maximum atomic E-state index is 13.6. The summed E-state index contributed by atoms with van der Waals surface area (Å²) in [5, 5.41) is 8.50. The molecule has 170 valence electrons. The van der Waals surface area contributed by atoms with Crippen molar-refractivity contribution >= 4 is 28.3 Å². The SMILES string of the molecule is O=C(NCc1cccnc1)c1cccc(C2(C(=O)Nc3nccs3)CC2C2CCCCC2)c1. The van der Waals surface area contributed by atoms with Crippen LogP contribution in [0.3, 0.4) is 0 Å². The van der Waals surface area contributed by atoms with Gasteiger partial charge in [0.15, 0.2) is 5.13 Å². The van der Waals surface area contributed by atoms with Crippen molar-refractivity contribution in [3.63, 3.8) is 0 Å². The number of hydrogen-bond acceptors (Lipinski definition) is 5. The molecule has 0 radical (unpaired) electrons. The molecule has 2 amide bonds. The van der Waals surface area contributed by atoms with E-state index in [4.69, 9.17) is 0 Å². The van der Waals surface area contributed by atoms with Crippen LogP contribution in [0, 0.1) is 11.8 Å². The molecule has 1 aromatic carbocycles. The predicted molar refractivity (Wildman–Crippen MR) is 129 cm³/mol. The summed E-state index contributed by atoms with van der Waals surface area (Å²) >= 11 is 1.43. The first-order valence-corrected chi connectivity index (χ1v) is 12.5. The molecule has 7 heteroatoms. The molecule has 3 aromatic rings. The normalized spacial score (nSPS) is 22.5. The van der Waals surface area contributed by atoms with Crippen molar-refractivity contribution in [3.8, 4) is 0 Å². The van der Waals surface area contributed by atoms with Crippen LogP contribution in [0.5, 0.6) is 0 Å². The molecule has 2 heterocycles. The third-order valence-corrected chi connectivity index (χ3v) is 7.80. The second kappa shape index (κ2) is 9.43. The van der Waals surface area contributed by atoms with E-state index in [1.165, 1.54) is 43.4 Å². The van der Waals surface area contributed by atoms with E-state index in [2.05, 4.69) is 20.6 Å².